The highest BCUT2D eigenvalue weighted by Gasteiger charge is 2.62. The molecular weight excluding hydrogens is 344 g/mol. The van der Waals surface area contributed by atoms with Gasteiger partial charge in [-0.2, -0.15) is 0 Å². The first-order chi connectivity index (χ1) is 12.7. The standard InChI is InChI=1S/C22H30O5/c1-14-12-19(27-15(2)23)22(4)17(20(24)25)6-5-7-18(22)21(14,3)10-8-16-9-11-26-13-16/h8-11,13-14,17-19H,5-7,12H2,1-4H3,(H,24,25)/t14-,17+,18-,19+,21+,22+/m1/s1. The van der Waals surface area contributed by atoms with Crippen LogP contribution in [0.25, 0.3) is 6.08 Å². The number of hydrogen-bond donors (Lipinski definition) is 1. The Hall–Kier alpha value is -2.04. The second-order valence-corrected chi connectivity index (χ2v) is 8.73. The molecule has 1 heterocycles. The molecule has 2 aliphatic rings. The summed E-state index contributed by atoms with van der Waals surface area (Å²) in [6.07, 6.45) is 10.4. The van der Waals surface area contributed by atoms with Crippen LogP contribution in [-0.4, -0.2) is 23.1 Å². The SMILES string of the molecule is CC(=O)O[C@H]1C[C@@H](C)[C@](C)(C=Cc2ccoc2)[C@H]2CCC[C@@H](C(=O)O)[C@]12C. The molecule has 0 aromatic carbocycles. The first kappa shape index (κ1) is 19.7. The van der Waals surface area contributed by atoms with Gasteiger partial charge in [-0.1, -0.05) is 39.3 Å². The van der Waals surface area contributed by atoms with Crippen LogP contribution in [-0.2, 0) is 14.3 Å². The fraction of sp³-hybridized carbons (Fsp3) is 0.636. The topological polar surface area (TPSA) is 76.7 Å². The summed E-state index contributed by atoms with van der Waals surface area (Å²) in [4.78, 5) is 23.9. The first-order valence-electron chi connectivity index (χ1n) is 9.81. The highest BCUT2D eigenvalue weighted by atomic mass is 16.5. The number of carbonyl (C=O) groups excluding carboxylic acids is 1. The van der Waals surface area contributed by atoms with Gasteiger partial charge in [0.1, 0.15) is 6.10 Å². The third-order valence-corrected chi connectivity index (χ3v) is 7.35. The van der Waals surface area contributed by atoms with Crippen molar-refractivity contribution in [3.8, 4) is 0 Å². The van der Waals surface area contributed by atoms with Gasteiger partial charge in [-0.25, -0.2) is 0 Å². The molecule has 2 saturated carbocycles. The van der Waals surface area contributed by atoms with Gasteiger partial charge in [-0.05, 0) is 42.6 Å². The lowest BCUT2D eigenvalue weighted by Crippen LogP contribution is -2.61. The second kappa shape index (κ2) is 7.17. The van der Waals surface area contributed by atoms with E-state index in [0.717, 1.165) is 18.4 Å². The molecule has 0 saturated heterocycles. The van der Waals surface area contributed by atoms with E-state index in [2.05, 4.69) is 26.0 Å². The molecular formula is C22H30O5. The van der Waals surface area contributed by atoms with Crippen LogP contribution in [0.2, 0.25) is 0 Å². The Bertz CT molecular complexity index is 721. The zero-order valence-electron chi connectivity index (χ0n) is 16.6. The van der Waals surface area contributed by atoms with E-state index in [1.807, 2.05) is 13.0 Å². The number of allylic oxidation sites excluding steroid dienone is 1. The molecule has 0 radical (unpaired) electrons. The zero-order chi connectivity index (χ0) is 19.8. The summed E-state index contributed by atoms with van der Waals surface area (Å²) in [6.45, 7) is 7.85. The van der Waals surface area contributed by atoms with E-state index < -0.39 is 17.3 Å². The van der Waals surface area contributed by atoms with Crippen molar-refractivity contribution in [2.45, 2.75) is 59.5 Å². The minimum absolute atomic E-state index is 0.121. The second-order valence-electron chi connectivity index (χ2n) is 8.73. The molecule has 0 bridgehead atoms. The number of fused-ring (bicyclic) bond motifs is 1. The third-order valence-electron chi connectivity index (χ3n) is 7.35. The van der Waals surface area contributed by atoms with Crippen molar-refractivity contribution in [2.75, 3.05) is 0 Å². The van der Waals surface area contributed by atoms with Crippen molar-refractivity contribution in [3.63, 3.8) is 0 Å². The van der Waals surface area contributed by atoms with E-state index in [-0.39, 0.29) is 29.3 Å². The van der Waals surface area contributed by atoms with Crippen LogP contribution in [0.3, 0.4) is 0 Å². The number of aliphatic carboxylic acids is 1. The Morgan fingerprint density at radius 3 is 2.67 bits per heavy atom. The predicted molar refractivity (Wildman–Crippen MR) is 102 cm³/mol. The Kier molecular flexibility index (Phi) is 5.24. The monoisotopic (exact) mass is 374 g/mol. The summed E-state index contributed by atoms with van der Waals surface area (Å²) in [5.74, 6) is -1.24. The van der Waals surface area contributed by atoms with Crippen molar-refractivity contribution < 1.29 is 23.8 Å². The van der Waals surface area contributed by atoms with Gasteiger partial charge in [0.25, 0.3) is 0 Å². The van der Waals surface area contributed by atoms with Gasteiger partial charge in [-0.3, -0.25) is 9.59 Å². The average Bonchev–Trinajstić information content (AvgIpc) is 3.11. The molecule has 148 valence electrons. The van der Waals surface area contributed by atoms with Crippen LogP contribution < -0.4 is 0 Å². The van der Waals surface area contributed by atoms with Crippen LogP contribution in [0.15, 0.2) is 29.1 Å². The molecule has 3 rings (SSSR count). The summed E-state index contributed by atoms with van der Waals surface area (Å²) in [5, 5.41) is 9.94. The molecule has 5 nitrogen and oxygen atoms in total. The predicted octanol–water partition coefficient (Wildman–Crippen LogP) is 4.78. The molecule has 0 unspecified atom stereocenters. The summed E-state index contributed by atoms with van der Waals surface area (Å²) in [7, 11) is 0. The van der Waals surface area contributed by atoms with Crippen LogP contribution in [0, 0.1) is 28.6 Å². The first-order valence-corrected chi connectivity index (χ1v) is 9.81. The van der Waals surface area contributed by atoms with Gasteiger partial charge in [0.05, 0.1) is 18.4 Å². The van der Waals surface area contributed by atoms with E-state index >= 15 is 0 Å². The summed E-state index contributed by atoms with van der Waals surface area (Å²) >= 11 is 0. The molecule has 0 aliphatic heterocycles. The number of carboxylic acid groups (broad SMARTS) is 1. The van der Waals surface area contributed by atoms with E-state index in [0.29, 0.717) is 12.8 Å². The summed E-state index contributed by atoms with van der Waals surface area (Å²) in [6, 6.07) is 1.91. The van der Waals surface area contributed by atoms with Gasteiger partial charge in [-0.15, -0.1) is 0 Å². The molecule has 0 amide bonds. The summed E-state index contributed by atoms with van der Waals surface area (Å²) < 4.78 is 10.9. The maximum absolute atomic E-state index is 12.1. The molecule has 1 aromatic rings. The van der Waals surface area contributed by atoms with Crippen LogP contribution in [0.4, 0.5) is 0 Å². The molecule has 27 heavy (non-hydrogen) atoms. The molecule has 2 fully saturated rings. The third kappa shape index (κ3) is 3.32. The number of ether oxygens (including phenoxy) is 1. The van der Waals surface area contributed by atoms with Gasteiger partial charge in [0.2, 0.25) is 0 Å². The minimum atomic E-state index is -0.782. The van der Waals surface area contributed by atoms with Crippen molar-refractivity contribution in [1.82, 2.24) is 0 Å². The van der Waals surface area contributed by atoms with Crippen molar-refractivity contribution in [2.24, 2.45) is 28.6 Å². The fourth-order valence-corrected chi connectivity index (χ4v) is 5.68. The van der Waals surface area contributed by atoms with Crippen molar-refractivity contribution in [3.05, 3.63) is 30.2 Å². The number of furan rings is 1. The molecule has 5 heteroatoms. The van der Waals surface area contributed by atoms with E-state index in [1.54, 1.807) is 12.5 Å². The van der Waals surface area contributed by atoms with E-state index in [4.69, 9.17) is 9.15 Å². The van der Waals surface area contributed by atoms with Crippen LogP contribution in [0.1, 0.15) is 58.9 Å². The molecule has 6 atom stereocenters. The van der Waals surface area contributed by atoms with Crippen LogP contribution >= 0.6 is 0 Å². The highest BCUT2D eigenvalue weighted by molar-refractivity contribution is 5.72. The number of esters is 1. The lowest BCUT2D eigenvalue weighted by Gasteiger charge is -2.61. The maximum Gasteiger partial charge on any atom is 0.307 e. The van der Waals surface area contributed by atoms with Crippen molar-refractivity contribution >= 4 is 18.0 Å². The van der Waals surface area contributed by atoms with Gasteiger partial charge >= 0.3 is 11.9 Å². The summed E-state index contributed by atoms with van der Waals surface area (Å²) in [5.41, 5.74) is 0.229. The van der Waals surface area contributed by atoms with Crippen molar-refractivity contribution in [1.29, 1.82) is 0 Å². The number of hydrogen-bond acceptors (Lipinski definition) is 4. The van der Waals surface area contributed by atoms with E-state index in [9.17, 15) is 14.7 Å². The fourth-order valence-electron chi connectivity index (χ4n) is 5.68. The Balaban J connectivity index is 2.04. The Labute approximate surface area is 160 Å². The molecule has 1 N–H and O–H groups in total. The lowest BCUT2D eigenvalue weighted by atomic mass is 9.44. The normalized spacial score (nSPS) is 39.1. The zero-order valence-corrected chi connectivity index (χ0v) is 16.6. The average molecular weight is 374 g/mol. The van der Waals surface area contributed by atoms with E-state index in [1.165, 1.54) is 6.92 Å². The Morgan fingerprint density at radius 2 is 2.07 bits per heavy atom. The maximum atomic E-state index is 12.1. The number of carbonyl (C=O) groups is 2. The van der Waals surface area contributed by atoms with Crippen LogP contribution in [0.5, 0.6) is 0 Å². The highest BCUT2D eigenvalue weighted by Crippen LogP contribution is 2.63. The quantitative estimate of drug-likeness (QED) is 0.768. The molecule has 1 aromatic heterocycles. The molecule has 2 aliphatic carbocycles. The number of carboxylic acids is 1. The van der Waals surface area contributed by atoms with Gasteiger partial charge in [0, 0.05) is 17.9 Å². The van der Waals surface area contributed by atoms with Gasteiger partial charge < -0.3 is 14.3 Å². The lowest BCUT2D eigenvalue weighted by molar-refractivity contribution is -0.200. The number of rotatable bonds is 4. The largest absolute Gasteiger partial charge is 0.481 e. The van der Waals surface area contributed by atoms with Gasteiger partial charge in [0.15, 0.2) is 0 Å². The molecule has 0 spiro atoms. The smallest absolute Gasteiger partial charge is 0.307 e. The Morgan fingerprint density at radius 1 is 1.33 bits per heavy atom. The minimum Gasteiger partial charge on any atom is -0.481 e.